The summed E-state index contributed by atoms with van der Waals surface area (Å²) in [6.45, 7) is 0. The van der Waals surface area contributed by atoms with Gasteiger partial charge in [0.25, 0.3) is 0 Å². The van der Waals surface area contributed by atoms with E-state index >= 15 is 0 Å². The zero-order valence-electron chi connectivity index (χ0n) is 27.2. The second kappa shape index (κ2) is 8.11. The van der Waals surface area contributed by atoms with Crippen LogP contribution in [0.5, 0.6) is 0 Å². The van der Waals surface area contributed by atoms with E-state index in [1.54, 1.807) is 57.8 Å². The lowest BCUT2D eigenvalue weighted by Gasteiger charge is -2.73. The van der Waals surface area contributed by atoms with Crippen LogP contribution in [0.3, 0.4) is 0 Å². The molecule has 3 N–H and O–H groups in total. The van der Waals surface area contributed by atoms with Gasteiger partial charge in [0, 0.05) is 33.2 Å². The van der Waals surface area contributed by atoms with Crippen LogP contribution in [0.25, 0.3) is 0 Å². The smallest absolute Gasteiger partial charge is 0.0224 e. The Hall–Kier alpha value is -0.120. The molecule has 0 unspecified atom stereocenters. The van der Waals surface area contributed by atoms with Crippen LogP contribution in [-0.2, 0) is 0 Å². The van der Waals surface area contributed by atoms with E-state index in [0.717, 1.165) is 59.2 Å². The van der Waals surface area contributed by atoms with E-state index in [0.29, 0.717) is 33.2 Å². The fourth-order valence-corrected chi connectivity index (χ4v) is 19.3. The van der Waals surface area contributed by atoms with Crippen LogP contribution >= 0.6 is 0 Å². The lowest BCUT2D eigenvalue weighted by Crippen LogP contribution is -2.82. The molecular weight excluding hydrogens is 522 g/mol. The van der Waals surface area contributed by atoms with Crippen molar-refractivity contribution in [1.82, 2.24) is 16.0 Å². The predicted octanol–water partition coefficient (Wildman–Crippen LogP) is 7.88. The minimum absolute atomic E-state index is 0.385. The zero-order valence-corrected chi connectivity index (χ0v) is 27.2. The molecule has 0 spiro atoms. The van der Waals surface area contributed by atoms with Crippen LogP contribution in [0.4, 0.5) is 0 Å². The summed E-state index contributed by atoms with van der Waals surface area (Å²) in [6, 6.07) is 0. The molecule has 236 valence electrons. The normalized spacial score (nSPS) is 66.1. The highest BCUT2D eigenvalue weighted by molar-refractivity contribution is 5.28. The molecule has 0 aromatic rings. The second-order valence-electron chi connectivity index (χ2n) is 21.8. The van der Waals surface area contributed by atoms with Crippen molar-refractivity contribution in [3.63, 3.8) is 0 Å². The molecule has 16 bridgehead atoms. The van der Waals surface area contributed by atoms with Gasteiger partial charge in [0.1, 0.15) is 0 Å². The number of hydrogen-bond donors (Lipinski definition) is 3. The molecule has 16 saturated carbocycles. The molecule has 16 aliphatic rings. The van der Waals surface area contributed by atoms with Crippen LogP contribution in [0.1, 0.15) is 154 Å². The quantitative estimate of drug-likeness (QED) is 0.298. The summed E-state index contributed by atoms with van der Waals surface area (Å²) < 4.78 is 0. The summed E-state index contributed by atoms with van der Waals surface area (Å²) in [6.07, 6.45) is 36.8. The first-order valence-electron chi connectivity index (χ1n) is 20.1. The monoisotopic (exact) mass is 583 g/mol. The molecule has 0 amide bonds. The average Bonchev–Trinajstić information content (AvgIpc) is 2.83. The maximum absolute atomic E-state index is 4.85. The summed E-state index contributed by atoms with van der Waals surface area (Å²) in [5.41, 5.74) is 2.62. The van der Waals surface area contributed by atoms with Crippen LogP contribution < -0.4 is 16.0 Å². The van der Waals surface area contributed by atoms with Gasteiger partial charge < -0.3 is 16.0 Å². The second-order valence-corrected chi connectivity index (χ2v) is 21.8. The Morgan fingerprint density at radius 1 is 0.233 bits per heavy atom. The Morgan fingerprint density at radius 3 is 0.628 bits per heavy atom. The Balaban J connectivity index is 0.920. The van der Waals surface area contributed by atoms with Gasteiger partial charge in [0.15, 0.2) is 0 Å². The first-order valence-corrected chi connectivity index (χ1v) is 20.1. The van der Waals surface area contributed by atoms with Gasteiger partial charge in [0.2, 0.25) is 0 Å². The molecule has 16 rings (SSSR count). The van der Waals surface area contributed by atoms with E-state index in [-0.39, 0.29) is 0 Å². The zero-order chi connectivity index (χ0) is 27.9. The SMILES string of the molecule is C1C2CC3CC1CC(NC14CC5CC(NC67CC8CC(CC(C8)C6)C7)(C1)CC(NC16CC7CC(CC(C7)C1)C6)(C5)C4)(C2)C3. The van der Waals surface area contributed by atoms with Crippen LogP contribution in [-0.4, -0.2) is 33.2 Å². The maximum Gasteiger partial charge on any atom is 0.0224 e. The van der Waals surface area contributed by atoms with Crippen LogP contribution in [0, 0.1) is 59.2 Å². The van der Waals surface area contributed by atoms with Crippen molar-refractivity contribution in [2.24, 2.45) is 59.2 Å². The third-order valence-corrected chi connectivity index (χ3v) is 17.8. The molecule has 0 radical (unpaired) electrons. The highest BCUT2D eigenvalue weighted by atomic mass is 15.2. The summed E-state index contributed by atoms with van der Waals surface area (Å²) in [7, 11) is 0. The van der Waals surface area contributed by atoms with Crippen molar-refractivity contribution in [3.8, 4) is 0 Å². The minimum atomic E-state index is 0.385. The topological polar surface area (TPSA) is 36.1 Å². The molecule has 0 aliphatic heterocycles. The first-order chi connectivity index (χ1) is 20.7. The van der Waals surface area contributed by atoms with Gasteiger partial charge in [-0.3, -0.25) is 0 Å². The first kappa shape index (κ1) is 25.9. The Kier molecular flexibility index (Phi) is 4.89. The third kappa shape index (κ3) is 3.83. The average molecular weight is 584 g/mol. The molecule has 0 heterocycles. The molecule has 0 aromatic carbocycles. The highest BCUT2D eigenvalue weighted by Crippen LogP contribution is 2.66. The van der Waals surface area contributed by atoms with E-state index in [9.17, 15) is 0 Å². The van der Waals surface area contributed by atoms with Crippen molar-refractivity contribution in [1.29, 1.82) is 0 Å². The third-order valence-electron chi connectivity index (χ3n) is 17.8. The fourth-order valence-electron chi connectivity index (χ4n) is 19.3. The largest absolute Gasteiger partial charge is 0.306 e. The number of hydrogen-bond acceptors (Lipinski definition) is 3. The van der Waals surface area contributed by atoms with E-state index in [4.69, 9.17) is 16.0 Å². The van der Waals surface area contributed by atoms with Gasteiger partial charge in [-0.05, 0) is 213 Å². The summed E-state index contributed by atoms with van der Waals surface area (Å²) in [5.74, 6) is 10.4. The highest BCUT2D eigenvalue weighted by Gasteiger charge is 2.68. The van der Waals surface area contributed by atoms with E-state index in [2.05, 4.69) is 0 Å². The molecule has 43 heavy (non-hydrogen) atoms. The lowest BCUT2D eigenvalue weighted by atomic mass is 9.44. The van der Waals surface area contributed by atoms with Crippen molar-refractivity contribution in [2.75, 3.05) is 0 Å². The van der Waals surface area contributed by atoms with Gasteiger partial charge in [-0.15, -0.1) is 0 Å². The van der Waals surface area contributed by atoms with Crippen LogP contribution in [0.15, 0.2) is 0 Å². The Bertz CT molecular complexity index is 955. The van der Waals surface area contributed by atoms with Gasteiger partial charge in [-0.1, -0.05) is 0 Å². The summed E-state index contributed by atoms with van der Waals surface area (Å²) in [5, 5.41) is 14.6. The van der Waals surface area contributed by atoms with Crippen molar-refractivity contribution in [3.05, 3.63) is 0 Å². The van der Waals surface area contributed by atoms with Crippen molar-refractivity contribution >= 4 is 0 Å². The molecule has 0 saturated heterocycles. The molecule has 16 fully saturated rings. The molecule has 0 aromatic heterocycles. The van der Waals surface area contributed by atoms with Gasteiger partial charge in [-0.2, -0.15) is 0 Å². The predicted molar refractivity (Wildman–Crippen MR) is 172 cm³/mol. The fraction of sp³-hybridized carbons (Fsp3) is 1.00. The molecular formula is C40H61N3. The molecule has 0 atom stereocenters. The van der Waals surface area contributed by atoms with Gasteiger partial charge in [-0.25, -0.2) is 0 Å². The van der Waals surface area contributed by atoms with E-state index < -0.39 is 0 Å². The van der Waals surface area contributed by atoms with Crippen molar-refractivity contribution < 1.29 is 0 Å². The van der Waals surface area contributed by atoms with Gasteiger partial charge >= 0.3 is 0 Å². The number of nitrogens with one attached hydrogen (secondary N) is 3. The Labute approximate surface area is 262 Å². The minimum Gasteiger partial charge on any atom is -0.306 e. The van der Waals surface area contributed by atoms with Crippen molar-refractivity contribution in [2.45, 2.75) is 187 Å². The summed E-state index contributed by atoms with van der Waals surface area (Å²) >= 11 is 0. The standard InChI is InChI=1S/C40H61N3/c1-25-2-27-3-26(1)11-35(10-25,12-27)41-38-19-34-20-39(22-38,42-36-13-28-4-29(14-36)6-30(5-28)15-36)24-40(21-34,23-38)43-37-16-31-7-32(17-37)9-33(8-31)18-37/h25-34,41-43H,1-24H2. The van der Waals surface area contributed by atoms with Crippen LogP contribution in [0.2, 0.25) is 0 Å². The lowest BCUT2D eigenvalue weighted by molar-refractivity contribution is -0.145. The summed E-state index contributed by atoms with van der Waals surface area (Å²) in [4.78, 5) is 0. The van der Waals surface area contributed by atoms with E-state index in [1.165, 1.54) is 96.3 Å². The molecule has 16 aliphatic carbocycles. The maximum atomic E-state index is 4.85. The molecule has 3 heteroatoms. The molecule has 3 nitrogen and oxygen atoms in total. The van der Waals surface area contributed by atoms with E-state index in [1.807, 2.05) is 0 Å². The number of rotatable bonds is 6. The van der Waals surface area contributed by atoms with Gasteiger partial charge in [0.05, 0.1) is 0 Å². The Morgan fingerprint density at radius 2 is 0.419 bits per heavy atom.